The first-order chi connectivity index (χ1) is 13.2. The Balaban J connectivity index is 1.29. The minimum atomic E-state index is 0.954. The number of fused-ring (bicyclic) bond motifs is 5. The van der Waals surface area contributed by atoms with Crippen molar-refractivity contribution in [2.75, 3.05) is 0 Å². The summed E-state index contributed by atoms with van der Waals surface area (Å²) in [6.45, 7) is 0. The molecule has 0 amide bonds. The SMILES string of the molecule is Brc1cccc(CC2CCC3C2CCC2C4CCCC(I)CC4CCC32)c1. The van der Waals surface area contributed by atoms with E-state index >= 15 is 0 Å². The Kier molecular flexibility index (Phi) is 5.95. The molecule has 148 valence electrons. The summed E-state index contributed by atoms with van der Waals surface area (Å²) in [5.41, 5.74) is 1.55. The second kappa shape index (κ2) is 8.28. The van der Waals surface area contributed by atoms with Crippen molar-refractivity contribution >= 4 is 38.5 Å². The van der Waals surface area contributed by atoms with Gasteiger partial charge in [-0.15, -0.1) is 0 Å². The summed E-state index contributed by atoms with van der Waals surface area (Å²) in [5, 5.41) is 0. The van der Waals surface area contributed by atoms with Gasteiger partial charge >= 0.3 is 0 Å². The van der Waals surface area contributed by atoms with E-state index in [4.69, 9.17) is 0 Å². The van der Waals surface area contributed by atoms with E-state index in [1.165, 1.54) is 43.0 Å². The highest BCUT2D eigenvalue weighted by molar-refractivity contribution is 14.1. The van der Waals surface area contributed by atoms with Gasteiger partial charge in [-0.25, -0.2) is 0 Å². The van der Waals surface area contributed by atoms with Gasteiger partial charge in [0.2, 0.25) is 0 Å². The fraction of sp³-hybridized carbons (Fsp3) is 0.760. The zero-order chi connectivity index (χ0) is 18.4. The average Bonchev–Trinajstić information content (AvgIpc) is 2.95. The molecule has 0 N–H and O–H groups in total. The summed E-state index contributed by atoms with van der Waals surface area (Å²) in [7, 11) is 0. The largest absolute Gasteiger partial charge is 0.0826 e. The molecule has 8 atom stereocenters. The van der Waals surface area contributed by atoms with Crippen LogP contribution in [0.15, 0.2) is 28.7 Å². The second-order valence-electron chi connectivity index (χ2n) is 10.2. The summed E-state index contributed by atoms with van der Waals surface area (Å²) in [6, 6.07) is 9.09. The van der Waals surface area contributed by atoms with Crippen LogP contribution in [0.4, 0.5) is 0 Å². The molecule has 0 spiro atoms. The number of alkyl halides is 1. The maximum atomic E-state index is 3.67. The van der Waals surface area contributed by atoms with E-state index in [0.29, 0.717) is 0 Å². The lowest BCUT2D eigenvalue weighted by atomic mass is 9.55. The number of hydrogen-bond acceptors (Lipinski definition) is 0. The molecule has 0 saturated heterocycles. The molecule has 0 bridgehead atoms. The maximum Gasteiger partial charge on any atom is 0.0177 e. The third-order valence-electron chi connectivity index (χ3n) is 8.99. The first kappa shape index (κ1) is 19.4. The average molecular weight is 541 g/mol. The highest BCUT2D eigenvalue weighted by Gasteiger charge is 2.50. The summed E-state index contributed by atoms with van der Waals surface area (Å²) in [6.07, 6.45) is 16.7. The zero-order valence-corrected chi connectivity index (χ0v) is 20.2. The quantitative estimate of drug-likeness (QED) is 0.263. The predicted molar refractivity (Wildman–Crippen MR) is 126 cm³/mol. The van der Waals surface area contributed by atoms with E-state index < -0.39 is 0 Å². The Morgan fingerprint density at radius 1 is 0.815 bits per heavy atom. The molecule has 0 aliphatic heterocycles. The molecule has 0 radical (unpaired) electrons. The monoisotopic (exact) mass is 540 g/mol. The minimum Gasteiger partial charge on any atom is -0.0826 e. The summed E-state index contributed by atoms with van der Waals surface area (Å²) >= 11 is 6.42. The van der Waals surface area contributed by atoms with Crippen LogP contribution in [0.3, 0.4) is 0 Å². The van der Waals surface area contributed by atoms with Crippen LogP contribution in [-0.2, 0) is 6.42 Å². The first-order valence-corrected chi connectivity index (χ1v) is 13.6. The van der Waals surface area contributed by atoms with Crippen molar-refractivity contribution in [1.82, 2.24) is 0 Å². The van der Waals surface area contributed by atoms with Crippen LogP contribution in [0.25, 0.3) is 0 Å². The Labute approximate surface area is 187 Å². The van der Waals surface area contributed by atoms with Gasteiger partial charge in [0.05, 0.1) is 0 Å². The van der Waals surface area contributed by atoms with Crippen LogP contribution in [0.5, 0.6) is 0 Å². The second-order valence-corrected chi connectivity index (χ2v) is 12.8. The van der Waals surface area contributed by atoms with Crippen molar-refractivity contribution in [2.45, 2.75) is 74.6 Å². The van der Waals surface area contributed by atoms with Crippen LogP contribution in [0.1, 0.15) is 69.8 Å². The van der Waals surface area contributed by atoms with Crippen LogP contribution >= 0.6 is 38.5 Å². The van der Waals surface area contributed by atoms with Gasteiger partial charge in [-0.05, 0) is 123 Å². The van der Waals surface area contributed by atoms with Crippen molar-refractivity contribution in [3.63, 3.8) is 0 Å². The van der Waals surface area contributed by atoms with Gasteiger partial charge in [-0.2, -0.15) is 0 Å². The fourth-order valence-corrected chi connectivity index (χ4v) is 9.54. The molecule has 8 unspecified atom stereocenters. The van der Waals surface area contributed by atoms with E-state index in [2.05, 4.69) is 62.8 Å². The molecule has 4 fully saturated rings. The predicted octanol–water partition coefficient (Wildman–Crippen LogP) is 8.06. The molecular formula is C25H34BrI. The highest BCUT2D eigenvalue weighted by atomic mass is 127. The van der Waals surface area contributed by atoms with Crippen LogP contribution in [0.2, 0.25) is 0 Å². The van der Waals surface area contributed by atoms with Gasteiger partial charge in [0, 0.05) is 8.40 Å². The molecule has 4 aliphatic carbocycles. The maximum absolute atomic E-state index is 3.67. The van der Waals surface area contributed by atoms with Gasteiger partial charge in [-0.1, -0.05) is 57.1 Å². The molecule has 2 heteroatoms. The fourth-order valence-electron chi connectivity index (χ4n) is 8.00. The molecule has 4 saturated carbocycles. The van der Waals surface area contributed by atoms with E-state index in [1.807, 2.05) is 0 Å². The van der Waals surface area contributed by atoms with Crippen LogP contribution < -0.4 is 0 Å². The zero-order valence-electron chi connectivity index (χ0n) is 16.5. The molecule has 0 heterocycles. The summed E-state index contributed by atoms with van der Waals surface area (Å²) < 4.78 is 2.21. The van der Waals surface area contributed by atoms with Crippen molar-refractivity contribution in [3.8, 4) is 0 Å². The highest BCUT2D eigenvalue weighted by Crippen LogP contribution is 2.59. The lowest BCUT2D eigenvalue weighted by Gasteiger charge is -2.51. The van der Waals surface area contributed by atoms with E-state index in [0.717, 1.165) is 45.3 Å². The molecule has 4 aliphatic rings. The Morgan fingerprint density at radius 2 is 1.56 bits per heavy atom. The van der Waals surface area contributed by atoms with Gasteiger partial charge < -0.3 is 0 Å². The molecule has 0 nitrogen and oxygen atoms in total. The lowest BCUT2D eigenvalue weighted by molar-refractivity contribution is -0.0107. The standard InChI is InChI=1S/C25H34BrI/c26-19-4-1-3-16(14-19)13-17-7-9-23-22(17)11-12-24-21-6-2-5-20(27)15-18(21)8-10-25(23)24/h1,3-4,14,17-18,20-25H,2,5-13,15H2. The first-order valence-electron chi connectivity index (χ1n) is 11.6. The van der Waals surface area contributed by atoms with Gasteiger partial charge in [0.1, 0.15) is 0 Å². The Hall–Kier alpha value is 0.430. The number of halogens is 2. The van der Waals surface area contributed by atoms with Crippen molar-refractivity contribution < 1.29 is 0 Å². The number of rotatable bonds is 2. The third-order valence-corrected chi connectivity index (χ3v) is 10.6. The van der Waals surface area contributed by atoms with Crippen molar-refractivity contribution in [1.29, 1.82) is 0 Å². The molecule has 27 heavy (non-hydrogen) atoms. The Morgan fingerprint density at radius 3 is 2.44 bits per heavy atom. The van der Waals surface area contributed by atoms with E-state index in [-0.39, 0.29) is 0 Å². The number of hydrogen-bond donors (Lipinski definition) is 0. The topological polar surface area (TPSA) is 0 Å². The van der Waals surface area contributed by atoms with E-state index in [9.17, 15) is 0 Å². The third kappa shape index (κ3) is 3.92. The molecule has 1 aromatic rings. The Bertz CT molecular complexity index is 657. The normalized spacial score (nSPS) is 44.1. The minimum absolute atomic E-state index is 0.954. The molecule has 1 aromatic carbocycles. The molecule has 5 rings (SSSR count). The van der Waals surface area contributed by atoms with E-state index in [1.54, 1.807) is 37.7 Å². The van der Waals surface area contributed by atoms with Crippen molar-refractivity contribution in [2.24, 2.45) is 41.4 Å². The van der Waals surface area contributed by atoms with Gasteiger partial charge in [0.15, 0.2) is 0 Å². The van der Waals surface area contributed by atoms with Gasteiger partial charge in [0.25, 0.3) is 0 Å². The lowest BCUT2D eigenvalue weighted by Crippen LogP contribution is -2.43. The summed E-state index contributed by atoms with van der Waals surface area (Å²) in [5.74, 6) is 7.40. The summed E-state index contributed by atoms with van der Waals surface area (Å²) in [4.78, 5) is 0. The van der Waals surface area contributed by atoms with Gasteiger partial charge in [-0.3, -0.25) is 0 Å². The van der Waals surface area contributed by atoms with Crippen molar-refractivity contribution in [3.05, 3.63) is 34.3 Å². The van der Waals surface area contributed by atoms with Crippen LogP contribution in [0, 0.1) is 41.4 Å². The molecular weight excluding hydrogens is 507 g/mol. The number of benzene rings is 1. The smallest absolute Gasteiger partial charge is 0.0177 e. The van der Waals surface area contributed by atoms with Crippen LogP contribution in [-0.4, -0.2) is 3.92 Å². The molecule has 0 aromatic heterocycles.